The molecule has 0 aliphatic carbocycles. The molecule has 4 rings (SSSR count). The minimum absolute atomic E-state index is 0.141. The van der Waals surface area contributed by atoms with Crippen LogP contribution in [0.1, 0.15) is 5.82 Å². The van der Waals surface area contributed by atoms with Crippen molar-refractivity contribution in [2.24, 2.45) is 7.05 Å². The van der Waals surface area contributed by atoms with Crippen LogP contribution in [0, 0.1) is 0 Å². The van der Waals surface area contributed by atoms with Crippen LogP contribution in [-0.4, -0.2) is 19.3 Å². The van der Waals surface area contributed by atoms with Gasteiger partial charge in [0, 0.05) is 12.1 Å². The first kappa shape index (κ1) is 13.8. The van der Waals surface area contributed by atoms with Crippen molar-refractivity contribution in [3.8, 4) is 11.7 Å². The molecular formula is C15H11ClN4O3. The van der Waals surface area contributed by atoms with Gasteiger partial charge in [0.2, 0.25) is 0 Å². The fourth-order valence-electron chi connectivity index (χ4n) is 2.40. The van der Waals surface area contributed by atoms with Gasteiger partial charge in [0.05, 0.1) is 17.3 Å². The highest BCUT2D eigenvalue weighted by Gasteiger charge is 2.15. The van der Waals surface area contributed by atoms with Crippen LogP contribution in [0.4, 0.5) is 0 Å². The Balaban J connectivity index is 1.74. The first-order valence-corrected chi connectivity index (χ1v) is 7.22. The van der Waals surface area contributed by atoms with Crippen molar-refractivity contribution in [2.45, 2.75) is 6.54 Å². The van der Waals surface area contributed by atoms with Crippen LogP contribution in [0.5, 0.6) is 0 Å². The third kappa shape index (κ3) is 2.35. The van der Waals surface area contributed by atoms with Crippen molar-refractivity contribution in [3.05, 3.63) is 58.0 Å². The Hall–Kier alpha value is -2.80. The second-order valence-corrected chi connectivity index (χ2v) is 5.46. The average molecular weight is 331 g/mol. The van der Waals surface area contributed by atoms with E-state index in [1.807, 2.05) is 17.7 Å². The molecule has 0 aliphatic heterocycles. The number of fused-ring (bicyclic) bond motifs is 1. The van der Waals surface area contributed by atoms with Gasteiger partial charge in [0.15, 0.2) is 5.76 Å². The lowest BCUT2D eigenvalue weighted by Gasteiger charge is -2.00. The number of imidazole rings is 1. The Morgan fingerprint density at radius 1 is 1.30 bits per heavy atom. The van der Waals surface area contributed by atoms with Crippen LogP contribution >= 0.6 is 11.6 Å². The number of hydrogen-bond acceptors (Lipinski definition) is 5. The molecule has 0 atom stereocenters. The maximum atomic E-state index is 12.0. The highest BCUT2D eigenvalue weighted by Crippen LogP contribution is 2.20. The highest BCUT2D eigenvalue weighted by atomic mass is 35.5. The van der Waals surface area contributed by atoms with Gasteiger partial charge in [-0.3, -0.25) is 0 Å². The molecule has 0 saturated heterocycles. The summed E-state index contributed by atoms with van der Waals surface area (Å²) in [6.07, 6.45) is 1.49. The minimum Gasteiger partial charge on any atom is -0.459 e. The molecule has 23 heavy (non-hydrogen) atoms. The summed E-state index contributed by atoms with van der Waals surface area (Å²) in [5.41, 5.74) is 1.69. The zero-order chi connectivity index (χ0) is 16.0. The zero-order valence-electron chi connectivity index (χ0n) is 12.1. The Morgan fingerprint density at radius 2 is 2.17 bits per heavy atom. The van der Waals surface area contributed by atoms with Gasteiger partial charge in [-0.25, -0.2) is 9.78 Å². The number of nitrogens with zero attached hydrogens (tertiary/aromatic N) is 4. The molecule has 3 heterocycles. The van der Waals surface area contributed by atoms with Crippen LogP contribution in [-0.2, 0) is 13.6 Å². The molecule has 3 aromatic heterocycles. The summed E-state index contributed by atoms with van der Waals surface area (Å²) in [5.74, 6) is 0.643. The van der Waals surface area contributed by atoms with Gasteiger partial charge in [-0.15, -0.1) is 5.10 Å². The Kier molecular flexibility index (Phi) is 3.09. The summed E-state index contributed by atoms with van der Waals surface area (Å²) in [4.78, 5) is 16.4. The molecule has 0 N–H and O–H groups in total. The Morgan fingerprint density at radius 3 is 2.96 bits per heavy atom. The van der Waals surface area contributed by atoms with Crippen LogP contribution in [0.3, 0.4) is 0 Å². The van der Waals surface area contributed by atoms with E-state index in [4.69, 9.17) is 20.4 Å². The van der Waals surface area contributed by atoms with Gasteiger partial charge in [-0.2, -0.15) is 4.68 Å². The van der Waals surface area contributed by atoms with Crippen molar-refractivity contribution in [2.75, 3.05) is 0 Å². The normalized spacial score (nSPS) is 11.4. The third-order valence-corrected chi connectivity index (χ3v) is 3.80. The summed E-state index contributed by atoms with van der Waals surface area (Å²) in [6.45, 7) is 0.186. The second kappa shape index (κ2) is 5.13. The number of halogens is 1. The topological polar surface area (TPSA) is 79.0 Å². The Labute approximate surface area is 134 Å². The number of benzene rings is 1. The van der Waals surface area contributed by atoms with Crippen molar-refractivity contribution < 1.29 is 8.83 Å². The van der Waals surface area contributed by atoms with Crippen LogP contribution in [0.15, 0.2) is 50.2 Å². The molecule has 0 unspecified atom stereocenters. The molecule has 7 nitrogen and oxygen atoms in total. The van der Waals surface area contributed by atoms with Gasteiger partial charge in [0.25, 0.3) is 5.89 Å². The number of rotatable bonds is 3. The van der Waals surface area contributed by atoms with E-state index in [1.165, 1.54) is 10.9 Å². The predicted octanol–water partition coefficient (Wildman–Crippen LogP) is 2.68. The summed E-state index contributed by atoms with van der Waals surface area (Å²) < 4.78 is 13.4. The van der Waals surface area contributed by atoms with E-state index in [1.54, 1.807) is 24.3 Å². The highest BCUT2D eigenvalue weighted by molar-refractivity contribution is 6.31. The molecule has 0 radical (unpaired) electrons. The van der Waals surface area contributed by atoms with Crippen LogP contribution in [0.2, 0.25) is 5.02 Å². The molecular weight excluding hydrogens is 320 g/mol. The first-order chi connectivity index (χ1) is 11.1. The number of hydrogen-bond donors (Lipinski definition) is 0. The maximum Gasteiger partial charge on any atom is 0.437 e. The minimum atomic E-state index is -0.568. The first-order valence-electron chi connectivity index (χ1n) is 6.84. The smallest absolute Gasteiger partial charge is 0.437 e. The van der Waals surface area contributed by atoms with E-state index in [0.29, 0.717) is 16.6 Å². The summed E-state index contributed by atoms with van der Waals surface area (Å²) >= 11 is 5.98. The molecule has 0 spiro atoms. The Bertz CT molecular complexity index is 1040. The SMILES string of the molecule is Cn1c(Cn2nc(-c3ccco3)oc2=O)nc2cc(Cl)ccc21. The standard InChI is InChI=1S/C15H11ClN4O3/c1-19-11-5-4-9(16)7-10(11)17-13(19)8-20-15(21)23-14(18-20)12-3-2-6-22-12/h2-7H,8H2,1H3. The lowest BCUT2D eigenvalue weighted by Crippen LogP contribution is -2.18. The lowest BCUT2D eigenvalue weighted by molar-refractivity contribution is 0.473. The summed E-state index contributed by atoms with van der Waals surface area (Å²) in [6, 6.07) is 8.83. The van der Waals surface area contributed by atoms with Crippen LogP contribution < -0.4 is 5.76 Å². The van der Waals surface area contributed by atoms with Gasteiger partial charge in [0.1, 0.15) is 12.4 Å². The number of aromatic nitrogens is 4. The predicted molar refractivity (Wildman–Crippen MR) is 83.3 cm³/mol. The van der Waals surface area contributed by atoms with Crippen molar-refractivity contribution in [3.63, 3.8) is 0 Å². The molecule has 0 bridgehead atoms. The lowest BCUT2D eigenvalue weighted by atomic mass is 10.3. The van der Waals surface area contributed by atoms with E-state index in [0.717, 1.165) is 11.0 Å². The molecule has 0 fully saturated rings. The monoisotopic (exact) mass is 330 g/mol. The van der Waals surface area contributed by atoms with E-state index in [-0.39, 0.29) is 12.4 Å². The van der Waals surface area contributed by atoms with Crippen molar-refractivity contribution >= 4 is 22.6 Å². The average Bonchev–Trinajstić information content (AvgIpc) is 3.22. The molecule has 1 aromatic carbocycles. The molecule has 0 amide bonds. The van der Waals surface area contributed by atoms with Crippen molar-refractivity contribution in [1.82, 2.24) is 19.3 Å². The molecule has 116 valence electrons. The molecule has 8 heteroatoms. The van der Waals surface area contributed by atoms with E-state index in [9.17, 15) is 4.79 Å². The zero-order valence-corrected chi connectivity index (χ0v) is 12.8. The third-order valence-electron chi connectivity index (χ3n) is 3.56. The van der Waals surface area contributed by atoms with Gasteiger partial charge in [-0.1, -0.05) is 11.6 Å². The van der Waals surface area contributed by atoms with E-state index in [2.05, 4.69) is 10.1 Å². The molecule has 0 aliphatic rings. The van der Waals surface area contributed by atoms with Gasteiger partial charge >= 0.3 is 5.76 Å². The largest absolute Gasteiger partial charge is 0.459 e. The fraction of sp³-hybridized carbons (Fsp3) is 0.133. The summed E-state index contributed by atoms with van der Waals surface area (Å²) in [5, 5.41) is 4.75. The fourth-order valence-corrected chi connectivity index (χ4v) is 2.57. The quantitative estimate of drug-likeness (QED) is 0.577. The molecule has 4 aromatic rings. The second-order valence-electron chi connectivity index (χ2n) is 5.03. The van der Waals surface area contributed by atoms with Gasteiger partial charge in [-0.05, 0) is 30.3 Å². The molecule has 0 saturated carbocycles. The summed E-state index contributed by atoms with van der Waals surface area (Å²) in [7, 11) is 1.87. The van der Waals surface area contributed by atoms with Crippen molar-refractivity contribution in [1.29, 1.82) is 0 Å². The number of furan rings is 1. The van der Waals surface area contributed by atoms with E-state index < -0.39 is 5.76 Å². The maximum absolute atomic E-state index is 12.0. The van der Waals surface area contributed by atoms with Crippen LogP contribution in [0.25, 0.3) is 22.7 Å². The number of aryl methyl sites for hydroxylation is 1. The van der Waals surface area contributed by atoms with Gasteiger partial charge < -0.3 is 13.4 Å². The van der Waals surface area contributed by atoms with E-state index >= 15 is 0 Å².